The van der Waals surface area contributed by atoms with E-state index in [9.17, 15) is 14.3 Å². The van der Waals surface area contributed by atoms with Gasteiger partial charge in [0.25, 0.3) is 0 Å². The molecule has 1 fully saturated rings. The van der Waals surface area contributed by atoms with Crippen LogP contribution < -0.4 is 5.32 Å². The van der Waals surface area contributed by atoms with Crippen LogP contribution in [0.4, 0.5) is 19.3 Å². The molecule has 1 amide bonds. The van der Waals surface area contributed by atoms with E-state index < -0.39 is 24.1 Å². The number of imidazole rings is 1. The number of morpholine rings is 1. The van der Waals surface area contributed by atoms with Gasteiger partial charge in [-0.1, -0.05) is 54.6 Å². The van der Waals surface area contributed by atoms with Gasteiger partial charge in [-0.3, -0.25) is 9.88 Å². The molecule has 0 saturated carbocycles. The summed E-state index contributed by atoms with van der Waals surface area (Å²) in [6.07, 6.45) is 2.78. The number of H-pyrrole nitrogens is 1. The van der Waals surface area contributed by atoms with Crippen molar-refractivity contribution in [3.8, 4) is 0 Å². The van der Waals surface area contributed by atoms with E-state index in [2.05, 4.69) is 20.3 Å². The highest BCUT2D eigenvalue weighted by atomic mass is 19.1. The number of rotatable bonds is 10. The number of aromatic nitrogens is 3. The second-order valence-electron chi connectivity index (χ2n) is 11.0. The Labute approximate surface area is 253 Å². The topological polar surface area (TPSA) is 103 Å². The standard InChI is InChI=1S/C34H33F2N5O3/c35-24-12-10-23(11-13-24)26(22-6-2-1-3-7-22)16-17-38-31-19-37-18-28(36)27(31)15-14-25-20-41(34(42)43)32(21-44-25)33-39-29-8-4-5-9-30(29)40-33/h1-13,18-19,25-26,32,38H,14-17,20-21H2,(H,39,40)(H,42,43)/t25?,26-,32?/m1/s1. The molecule has 10 heteroatoms. The number of anilines is 1. The smallest absolute Gasteiger partial charge is 0.408 e. The predicted octanol–water partition coefficient (Wildman–Crippen LogP) is 6.92. The Kier molecular flexibility index (Phi) is 8.79. The highest BCUT2D eigenvalue weighted by molar-refractivity contribution is 5.75. The van der Waals surface area contributed by atoms with Crippen molar-refractivity contribution in [3.63, 3.8) is 0 Å². The van der Waals surface area contributed by atoms with Crippen LogP contribution in [-0.2, 0) is 11.2 Å². The molecular formula is C34H33F2N5O3. The van der Waals surface area contributed by atoms with Crippen LogP contribution >= 0.6 is 0 Å². The van der Waals surface area contributed by atoms with Crippen molar-refractivity contribution in [2.24, 2.45) is 0 Å². The number of nitrogens with one attached hydrogen (secondary N) is 2. The molecule has 2 aromatic heterocycles. The molecule has 2 unspecified atom stereocenters. The molecule has 44 heavy (non-hydrogen) atoms. The van der Waals surface area contributed by atoms with Crippen molar-refractivity contribution >= 4 is 22.8 Å². The second-order valence-corrected chi connectivity index (χ2v) is 11.0. The van der Waals surface area contributed by atoms with E-state index in [1.165, 1.54) is 23.2 Å². The zero-order chi connectivity index (χ0) is 30.5. The van der Waals surface area contributed by atoms with Gasteiger partial charge in [0.15, 0.2) is 0 Å². The molecule has 0 radical (unpaired) electrons. The van der Waals surface area contributed by atoms with Crippen molar-refractivity contribution in [1.29, 1.82) is 0 Å². The van der Waals surface area contributed by atoms with Crippen molar-refractivity contribution < 1.29 is 23.4 Å². The number of carboxylic acid groups (broad SMARTS) is 1. The Morgan fingerprint density at radius 2 is 1.77 bits per heavy atom. The summed E-state index contributed by atoms with van der Waals surface area (Å²) in [6, 6.07) is 23.5. The molecule has 3 aromatic carbocycles. The van der Waals surface area contributed by atoms with Crippen molar-refractivity contribution in [1.82, 2.24) is 19.9 Å². The van der Waals surface area contributed by atoms with Crippen LogP contribution in [0.15, 0.2) is 91.3 Å². The van der Waals surface area contributed by atoms with Crippen LogP contribution in [0.2, 0.25) is 0 Å². The number of pyridine rings is 1. The lowest BCUT2D eigenvalue weighted by Gasteiger charge is -2.37. The molecular weight excluding hydrogens is 564 g/mol. The van der Waals surface area contributed by atoms with Gasteiger partial charge in [0.05, 0.1) is 48.4 Å². The number of ether oxygens (including phenoxy) is 1. The van der Waals surface area contributed by atoms with Crippen LogP contribution in [0.5, 0.6) is 0 Å². The van der Waals surface area contributed by atoms with Gasteiger partial charge in [0.2, 0.25) is 0 Å². The summed E-state index contributed by atoms with van der Waals surface area (Å²) in [5, 5.41) is 13.3. The van der Waals surface area contributed by atoms with E-state index in [1.807, 2.05) is 54.6 Å². The van der Waals surface area contributed by atoms with Gasteiger partial charge in [-0.2, -0.15) is 0 Å². The third-order valence-corrected chi connectivity index (χ3v) is 8.18. The molecule has 6 rings (SSSR count). The Bertz CT molecular complexity index is 1680. The first-order valence-electron chi connectivity index (χ1n) is 14.7. The van der Waals surface area contributed by atoms with Crippen LogP contribution in [-0.4, -0.2) is 56.9 Å². The lowest BCUT2D eigenvalue weighted by atomic mass is 9.88. The van der Waals surface area contributed by atoms with Crippen LogP contribution in [0, 0.1) is 11.6 Å². The van der Waals surface area contributed by atoms with E-state index in [0.717, 1.165) is 22.2 Å². The zero-order valence-electron chi connectivity index (χ0n) is 24.0. The number of halogens is 2. The molecule has 0 aliphatic carbocycles. The number of amides is 1. The van der Waals surface area contributed by atoms with Crippen LogP contribution in [0.1, 0.15) is 47.3 Å². The minimum absolute atomic E-state index is 0.0200. The fraction of sp³-hybridized carbons (Fsp3) is 0.265. The average molecular weight is 598 g/mol. The van der Waals surface area contributed by atoms with Gasteiger partial charge >= 0.3 is 6.09 Å². The SMILES string of the molecule is O=C(O)N1CC(CCc2c(F)cncc2NCC[C@H](c2ccccc2)c2ccc(F)cc2)OCC1c1nc2ccccc2[nH]1. The predicted molar refractivity (Wildman–Crippen MR) is 164 cm³/mol. The number of aromatic amines is 1. The number of nitrogens with zero attached hydrogens (tertiary/aromatic N) is 3. The number of hydrogen-bond acceptors (Lipinski definition) is 5. The Morgan fingerprint density at radius 1 is 1.02 bits per heavy atom. The van der Waals surface area contributed by atoms with E-state index in [0.29, 0.717) is 42.9 Å². The summed E-state index contributed by atoms with van der Waals surface area (Å²) in [6.45, 7) is 0.814. The molecule has 1 aliphatic heterocycles. The lowest BCUT2D eigenvalue weighted by Crippen LogP contribution is -2.47. The molecule has 1 aliphatic rings. The maximum Gasteiger partial charge on any atom is 0.408 e. The van der Waals surface area contributed by atoms with Crippen molar-refractivity contribution in [3.05, 3.63) is 125 Å². The maximum absolute atomic E-state index is 15.1. The van der Waals surface area contributed by atoms with Gasteiger partial charge in [-0.15, -0.1) is 0 Å². The fourth-order valence-electron chi connectivity index (χ4n) is 5.89. The van der Waals surface area contributed by atoms with Gasteiger partial charge in [0.1, 0.15) is 23.5 Å². The Morgan fingerprint density at radius 3 is 2.55 bits per heavy atom. The van der Waals surface area contributed by atoms with E-state index in [-0.39, 0.29) is 24.9 Å². The molecule has 3 heterocycles. The first-order valence-corrected chi connectivity index (χ1v) is 14.7. The number of para-hydroxylation sites is 2. The lowest BCUT2D eigenvalue weighted by molar-refractivity contribution is -0.0596. The first-order chi connectivity index (χ1) is 21.5. The fourth-order valence-corrected chi connectivity index (χ4v) is 5.89. The minimum Gasteiger partial charge on any atom is -0.465 e. The number of benzene rings is 3. The Balaban J connectivity index is 1.11. The first kappa shape index (κ1) is 29.3. The molecule has 0 spiro atoms. The summed E-state index contributed by atoms with van der Waals surface area (Å²) in [4.78, 5) is 25.4. The maximum atomic E-state index is 15.1. The summed E-state index contributed by atoms with van der Waals surface area (Å²) in [5.41, 5.74) is 4.75. The Hall–Kier alpha value is -4.83. The average Bonchev–Trinajstić information content (AvgIpc) is 3.48. The molecule has 226 valence electrons. The highest BCUT2D eigenvalue weighted by Crippen LogP contribution is 2.31. The van der Waals surface area contributed by atoms with Gasteiger partial charge in [0, 0.05) is 18.0 Å². The monoisotopic (exact) mass is 597 g/mol. The van der Waals surface area contributed by atoms with Crippen LogP contribution in [0.25, 0.3) is 11.0 Å². The van der Waals surface area contributed by atoms with E-state index >= 15 is 4.39 Å². The minimum atomic E-state index is -1.06. The summed E-state index contributed by atoms with van der Waals surface area (Å²) in [5.74, 6) is -0.161. The second kappa shape index (κ2) is 13.2. The number of fused-ring (bicyclic) bond motifs is 1. The molecule has 3 atom stereocenters. The quantitative estimate of drug-likeness (QED) is 0.161. The van der Waals surface area contributed by atoms with Gasteiger partial charge < -0.3 is 20.1 Å². The number of hydrogen-bond donors (Lipinski definition) is 3. The largest absolute Gasteiger partial charge is 0.465 e. The highest BCUT2D eigenvalue weighted by Gasteiger charge is 2.35. The normalized spacial score (nSPS) is 17.5. The van der Waals surface area contributed by atoms with E-state index in [4.69, 9.17) is 4.74 Å². The molecule has 8 nitrogen and oxygen atoms in total. The molecule has 1 saturated heterocycles. The van der Waals surface area contributed by atoms with E-state index in [1.54, 1.807) is 18.3 Å². The molecule has 0 bridgehead atoms. The molecule has 3 N–H and O–H groups in total. The molecule has 5 aromatic rings. The third kappa shape index (κ3) is 6.55. The zero-order valence-corrected chi connectivity index (χ0v) is 24.0. The summed E-state index contributed by atoms with van der Waals surface area (Å²) < 4.78 is 34.8. The summed E-state index contributed by atoms with van der Waals surface area (Å²) >= 11 is 0. The van der Waals surface area contributed by atoms with Crippen molar-refractivity contribution in [2.45, 2.75) is 37.3 Å². The van der Waals surface area contributed by atoms with Crippen LogP contribution in [0.3, 0.4) is 0 Å². The van der Waals surface area contributed by atoms with Gasteiger partial charge in [-0.25, -0.2) is 18.6 Å². The third-order valence-electron chi connectivity index (χ3n) is 8.18. The summed E-state index contributed by atoms with van der Waals surface area (Å²) in [7, 11) is 0. The van der Waals surface area contributed by atoms with Crippen molar-refractivity contribution in [2.75, 3.05) is 25.0 Å². The van der Waals surface area contributed by atoms with Gasteiger partial charge in [-0.05, 0) is 54.7 Å². The number of carbonyl (C=O) groups is 1.